The Morgan fingerprint density at radius 3 is 2.15 bits per heavy atom. The Hall–Kier alpha value is -0.700. The van der Waals surface area contributed by atoms with Crippen molar-refractivity contribution in [1.29, 1.82) is 0 Å². The summed E-state index contributed by atoms with van der Waals surface area (Å²) in [5.74, 6) is -0.117. The predicted octanol–water partition coefficient (Wildman–Crippen LogP) is 1.04. The Labute approximate surface area is 93.2 Å². The van der Waals surface area contributed by atoms with Crippen LogP contribution < -0.4 is 2.81 Å². The van der Waals surface area contributed by atoms with Gasteiger partial charge in [-0.15, -0.1) is 0 Å². The molecule has 0 radical (unpaired) electrons. The molecule has 0 aliphatic heterocycles. The summed E-state index contributed by atoms with van der Waals surface area (Å²) in [7, 11) is 0. The molecule has 2 N–H and O–H groups in total. The predicted molar refractivity (Wildman–Crippen MR) is 52.7 cm³/mol. The number of rotatable bonds is 0. The fourth-order valence-electron chi connectivity index (χ4n) is 1.39. The maximum absolute atomic E-state index is 9.27. The van der Waals surface area contributed by atoms with E-state index in [-0.39, 0.29) is 11.5 Å². The van der Waals surface area contributed by atoms with Crippen LogP contribution in [0.2, 0.25) is 0 Å². The minimum absolute atomic E-state index is 0.0558. The molecule has 0 unspecified atom stereocenters. The van der Waals surface area contributed by atoms with Gasteiger partial charge in [0.2, 0.25) is 0 Å². The minimum atomic E-state index is -0.0615. The molecule has 2 nitrogen and oxygen atoms in total. The molecule has 0 amide bonds. The van der Waals surface area contributed by atoms with Gasteiger partial charge in [0.25, 0.3) is 0 Å². The number of benzene rings is 2. The van der Waals surface area contributed by atoms with Gasteiger partial charge in [-0.3, -0.25) is 0 Å². The van der Waals surface area contributed by atoms with E-state index in [9.17, 15) is 10.2 Å². The van der Waals surface area contributed by atoms with Crippen molar-refractivity contribution < 1.29 is 10.2 Å². The molecule has 3 heteroatoms. The summed E-state index contributed by atoms with van der Waals surface area (Å²) in [6.07, 6.45) is 0. The first-order valence-corrected chi connectivity index (χ1v) is 5.09. The van der Waals surface area contributed by atoms with Crippen molar-refractivity contribution in [3.63, 3.8) is 0 Å². The second kappa shape index (κ2) is 3.22. The molecule has 13 heavy (non-hydrogen) atoms. The second-order valence-corrected chi connectivity index (χ2v) is 4.35. The Bertz CT molecular complexity index is 466. The van der Waals surface area contributed by atoms with Crippen molar-refractivity contribution in [2.24, 2.45) is 0 Å². The number of hydrogen-bond donors (Lipinski definition) is 2. The zero-order valence-corrected chi connectivity index (χ0v) is 9.28. The molecule has 2 aromatic carbocycles. The molecular formula is C10H7NaO2. The molecule has 60 valence electrons. The van der Waals surface area contributed by atoms with Gasteiger partial charge in [-0.05, 0) is 0 Å². The summed E-state index contributed by atoms with van der Waals surface area (Å²) in [6.45, 7) is 0. The Balaban J connectivity index is 2.81. The van der Waals surface area contributed by atoms with Crippen LogP contribution in [0.3, 0.4) is 0 Å². The van der Waals surface area contributed by atoms with Crippen LogP contribution in [0.5, 0.6) is 11.5 Å². The monoisotopic (exact) mass is 182 g/mol. The molecule has 0 fully saturated rings. The topological polar surface area (TPSA) is 40.5 Å². The molecule has 0 spiro atoms. The molecule has 0 aliphatic carbocycles. The average Bonchev–Trinajstić information content (AvgIpc) is 2.08. The van der Waals surface area contributed by atoms with Gasteiger partial charge in [-0.25, -0.2) is 0 Å². The van der Waals surface area contributed by atoms with E-state index < -0.39 is 0 Å². The first kappa shape index (κ1) is 8.88. The standard InChI is InChI=1S/C10H7O2.Na/c11-9-5-7-3-1-2-4-8(7)6-10(9)12;/h1,3-6,11-12H;. The van der Waals surface area contributed by atoms with Crippen molar-refractivity contribution in [2.75, 3.05) is 0 Å². The Kier molecular flexibility index (Phi) is 2.20. The number of hydrogen-bond acceptors (Lipinski definition) is 2. The molecule has 0 atom stereocenters. The number of fused-ring (bicyclic) bond motifs is 1. The van der Waals surface area contributed by atoms with E-state index in [0.29, 0.717) is 0 Å². The van der Waals surface area contributed by atoms with Crippen LogP contribution in [0.1, 0.15) is 0 Å². The summed E-state index contributed by atoms with van der Waals surface area (Å²) >= 11 is 0.995. The maximum atomic E-state index is 9.27. The zero-order chi connectivity index (χ0) is 9.42. The van der Waals surface area contributed by atoms with Gasteiger partial charge in [-0.2, -0.15) is 0 Å². The van der Waals surface area contributed by atoms with Crippen LogP contribution in [-0.4, -0.2) is 38.1 Å². The summed E-state index contributed by atoms with van der Waals surface area (Å²) in [6, 6.07) is 9.18. The molecule has 0 aliphatic rings. The third kappa shape index (κ3) is 1.66. The molecule has 0 saturated carbocycles. The van der Waals surface area contributed by atoms with Crippen LogP contribution in [0, 0.1) is 0 Å². The second-order valence-electron chi connectivity index (χ2n) is 3.19. The van der Waals surface area contributed by atoms with Gasteiger partial charge >= 0.3 is 93.6 Å². The molecule has 2 rings (SSSR count). The summed E-state index contributed by atoms with van der Waals surface area (Å²) in [5.41, 5.74) is 0. The average molecular weight is 182 g/mol. The van der Waals surface area contributed by atoms with Crippen LogP contribution >= 0.6 is 0 Å². The van der Waals surface area contributed by atoms with E-state index in [2.05, 4.69) is 0 Å². The van der Waals surface area contributed by atoms with Gasteiger partial charge in [0, 0.05) is 0 Å². The quantitative estimate of drug-likeness (QED) is 0.472. The Morgan fingerprint density at radius 2 is 1.46 bits per heavy atom. The normalized spacial score (nSPS) is 10.6. The first-order chi connectivity index (χ1) is 6.16. The van der Waals surface area contributed by atoms with Gasteiger partial charge in [0.05, 0.1) is 0 Å². The number of phenolic OH excluding ortho intramolecular Hbond substituents is 2. The van der Waals surface area contributed by atoms with Gasteiger partial charge < -0.3 is 0 Å². The first-order valence-electron chi connectivity index (χ1n) is 4.09. The van der Waals surface area contributed by atoms with Crippen molar-refractivity contribution in [3.8, 4) is 11.5 Å². The van der Waals surface area contributed by atoms with Crippen LogP contribution in [0.15, 0.2) is 30.3 Å². The zero-order valence-electron chi connectivity index (χ0n) is 7.28. The molecular weight excluding hydrogens is 175 g/mol. The number of aromatic hydroxyl groups is 2. The summed E-state index contributed by atoms with van der Waals surface area (Å²) in [5, 5.41) is 20.4. The fraction of sp³-hybridized carbons (Fsp3) is 0. The third-order valence-electron chi connectivity index (χ3n) is 2.09. The molecule has 0 saturated heterocycles. The molecule has 0 heterocycles. The van der Waals surface area contributed by atoms with Gasteiger partial charge in [0.1, 0.15) is 0 Å². The Morgan fingerprint density at radius 1 is 0.846 bits per heavy atom. The van der Waals surface area contributed by atoms with E-state index in [0.717, 1.165) is 38.7 Å². The SMILES string of the molecule is Oc1cc2cc[c]([Na])cc2cc1O. The van der Waals surface area contributed by atoms with E-state index in [1.54, 1.807) is 12.1 Å². The van der Waals surface area contributed by atoms with Crippen molar-refractivity contribution >= 4 is 41.5 Å². The molecule has 0 bridgehead atoms. The van der Waals surface area contributed by atoms with Gasteiger partial charge in [0.15, 0.2) is 0 Å². The van der Waals surface area contributed by atoms with E-state index in [1.165, 1.54) is 2.81 Å². The molecule has 2 aromatic rings. The van der Waals surface area contributed by atoms with Gasteiger partial charge in [-0.1, -0.05) is 0 Å². The third-order valence-corrected chi connectivity index (χ3v) is 2.71. The van der Waals surface area contributed by atoms with E-state index >= 15 is 0 Å². The number of phenols is 2. The van der Waals surface area contributed by atoms with E-state index in [4.69, 9.17) is 0 Å². The summed E-state index contributed by atoms with van der Waals surface area (Å²) in [4.78, 5) is 0. The fourth-order valence-corrected chi connectivity index (χ4v) is 1.87. The van der Waals surface area contributed by atoms with Crippen molar-refractivity contribution in [3.05, 3.63) is 30.3 Å². The van der Waals surface area contributed by atoms with Crippen molar-refractivity contribution in [2.45, 2.75) is 0 Å². The van der Waals surface area contributed by atoms with Crippen LogP contribution in [-0.2, 0) is 0 Å². The molecule has 0 aromatic heterocycles. The van der Waals surface area contributed by atoms with Crippen LogP contribution in [0.25, 0.3) is 10.8 Å². The summed E-state index contributed by atoms with van der Waals surface area (Å²) < 4.78 is 1.28. The van der Waals surface area contributed by atoms with Crippen LogP contribution in [0.4, 0.5) is 0 Å². The van der Waals surface area contributed by atoms with Crippen molar-refractivity contribution in [1.82, 2.24) is 0 Å². The van der Waals surface area contributed by atoms with E-state index in [1.807, 2.05) is 18.2 Å².